The van der Waals surface area contributed by atoms with Gasteiger partial charge in [-0.2, -0.15) is 0 Å². The van der Waals surface area contributed by atoms with Gasteiger partial charge in [0.05, 0.1) is 42.0 Å². The summed E-state index contributed by atoms with van der Waals surface area (Å²) in [6.07, 6.45) is 8.02. The third-order valence-corrected chi connectivity index (χ3v) is 7.03. The van der Waals surface area contributed by atoms with Gasteiger partial charge in [-0.05, 0) is 30.7 Å². The first-order valence-corrected chi connectivity index (χ1v) is 13.4. The molecule has 1 saturated heterocycles. The van der Waals surface area contributed by atoms with Crippen molar-refractivity contribution in [3.05, 3.63) is 65.9 Å². The Balaban J connectivity index is 1.48. The maximum atomic E-state index is 14.4. The van der Waals surface area contributed by atoms with Crippen LogP contribution in [0.4, 0.5) is 15.8 Å². The molecule has 5 rings (SSSR count). The van der Waals surface area contributed by atoms with Crippen molar-refractivity contribution in [3.63, 3.8) is 0 Å². The number of likely N-dealkylation sites (tertiary alicyclic amines) is 1. The molecule has 0 saturated carbocycles. The van der Waals surface area contributed by atoms with Gasteiger partial charge in [0.2, 0.25) is 5.91 Å². The quantitative estimate of drug-likeness (QED) is 0.257. The van der Waals surface area contributed by atoms with Gasteiger partial charge in [0.1, 0.15) is 12.4 Å². The number of rotatable bonds is 9. The molecular formula is C27H27BrFN5O4. The summed E-state index contributed by atoms with van der Waals surface area (Å²) in [5.74, 6) is -0.264. The van der Waals surface area contributed by atoms with Crippen LogP contribution in [0.3, 0.4) is 0 Å². The Bertz CT molecular complexity index is 1390. The molecule has 0 radical (unpaired) electrons. The summed E-state index contributed by atoms with van der Waals surface area (Å²) >= 11 is 3.29. The Morgan fingerprint density at radius 1 is 1.37 bits per heavy atom. The van der Waals surface area contributed by atoms with Gasteiger partial charge in [0.15, 0.2) is 11.6 Å². The second-order valence-corrected chi connectivity index (χ2v) is 9.54. The van der Waals surface area contributed by atoms with E-state index in [9.17, 15) is 14.0 Å². The number of para-hydroxylation sites is 1. The van der Waals surface area contributed by atoms with Gasteiger partial charge in [-0.15, -0.1) is 0 Å². The molecule has 0 bridgehead atoms. The molecule has 2 aliphatic heterocycles. The molecule has 4 heterocycles. The molecule has 1 unspecified atom stereocenters. The van der Waals surface area contributed by atoms with Crippen molar-refractivity contribution in [1.29, 1.82) is 0 Å². The number of halogens is 2. The highest BCUT2D eigenvalue weighted by Crippen LogP contribution is 2.42. The van der Waals surface area contributed by atoms with Crippen molar-refractivity contribution in [2.75, 3.05) is 37.5 Å². The molecule has 3 aromatic rings. The van der Waals surface area contributed by atoms with Gasteiger partial charge in [0, 0.05) is 42.3 Å². The predicted octanol–water partition coefficient (Wildman–Crippen LogP) is 4.18. The van der Waals surface area contributed by atoms with Crippen LogP contribution in [-0.2, 0) is 11.2 Å². The van der Waals surface area contributed by atoms with Crippen LogP contribution in [0.15, 0.2) is 48.8 Å². The van der Waals surface area contributed by atoms with Crippen molar-refractivity contribution in [1.82, 2.24) is 20.2 Å². The van der Waals surface area contributed by atoms with Crippen molar-refractivity contribution in [2.24, 2.45) is 0 Å². The summed E-state index contributed by atoms with van der Waals surface area (Å²) in [6, 6.07) is 6.30. The van der Waals surface area contributed by atoms with Crippen LogP contribution in [0.5, 0.6) is 11.5 Å². The third-order valence-electron chi connectivity index (χ3n) is 6.66. The molecule has 198 valence electrons. The number of aromatic nitrogens is 2. The first-order chi connectivity index (χ1) is 18.5. The Labute approximate surface area is 227 Å². The largest absolute Gasteiger partial charge is 0.492 e. The number of alkyl halides is 1. The summed E-state index contributed by atoms with van der Waals surface area (Å²) in [4.78, 5) is 34.7. The number of methoxy groups -OCH3 is 1. The normalized spacial score (nSPS) is 16.6. The molecule has 1 fully saturated rings. The van der Waals surface area contributed by atoms with E-state index in [4.69, 9.17) is 9.47 Å². The molecule has 3 N–H and O–H groups in total. The van der Waals surface area contributed by atoms with E-state index in [0.717, 1.165) is 12.1 Å². The zero-order valence-electron chi connectivity index (χ0n) is 20.7. The molecular weight excluding hydrogens is 557 g/mol. The van der Waals surface area contributed by atoms with E-state index in [2.05, 4.69) is 36.5 Å². The number of anilines is 2. The minimum absolute atomic E-state index is 0.0412. The molecule has 11 heteroatoms. The van der Waals surface area contributed by atoms with Crippen LogP contribution in [0.2, 0.25) is 0 Å². The Hall–Kier alpha value is -3.86. The van der Waals surface area contributed by atoms with Gasteiger partial charge in [-0.25, -0.2) is 4.39 Å². The van der Waals surface area contributed by atoms with E-state index in [1.165, 1.54) is 13.2 Å². The topological polar surface area (TPSA) is 109 Å². The molecule has 2 amide bonds. The molecule has 1 aromatic carbocycles. The average molecular weight is 584 g/mol. The van der Waals surface area contributed by atoms with Crippen LogP contribution >= 0.6 is 15.9 Å². The third kappa shape index (κ3) is 4.98. The number of H-pyrrole nitrogens is 1. The molecule has 0 spiro atoms. The highest BCUT2D eigenvalue weighted by molar-refractivity contribution is 9.09. The molecule has 1 atom stereocenters. The smallest absolute Gasteiger partial charge is 0.255 e. The van der Waals surface area contributed by atoms with Crippen molar-refractivity contribution < 1.29 is 23.5 Å². The number of carbonyl (C=O) groups excluding carboxylic acids is 2. The number of nitrogens with zero attached hydrogens (tertiary/aromatic N) is 2. The standard InChI is InChI=1S/C27H27BrFN5O4/c1-37-26-18(29)4-2-5-20(26)33-25-23-19(8-12-31-27(23)36)32-24(25)17-7-11-30-14-21(17)38-15-16-9-13-34(16)22(35)6-3-10-28/h2-7,11,14,16,32-33H,8-10,12-13,15H2,1H3,(H,31,36). The number of ether oxygens (including phenoxy) is 2. The van der Waals surface area contributed by atoms with Gasteiger partial charge in [-0.1, -0.05) is 28.1 Å². The van der Waals surface area contributed by atoms with Crippen molar-refractivity contribution in [3.8, 4) is 22.8 Å². The highest BCUT2D eigenvalue weighted by atomic mass is 79.9. The van der Waals surface area contributed by atoms with E-state index >= 15 is 0 Å². The van der Waals surface area contributed by atoms with Crippen LogP contribution in [-0.4, -0.2) is 64.9 Å². The predicted molar refractivity (Wildman–Crippen MR) is 145 cm³/mol. The number of fused-ring (bicyclic) bond motifs is 1. The minimum atomic E-state index is -0.522. The summed E-state index contributed by atoms with van der Waals surface area (Å²) in [6.45, 7) is 1.48. The zero-order valence-corrected chi connectivity index (χ0v) is 22.3. The summed E-state index contributed by atoms with van der Waals surface area (Å²) in [5.41, 5.74) is 3.37. The van der Waals surface area contributed by atoms with Crippen LogP contribution < -0.4 is 20.1 Å². The fourth-order valence-electron chi connectivity index (χ4n) is 4.69. The number of nitrogens with one attached hydrogen (secondary N) is 3. The maximum Gasteiger partial charge on any atom is 0.255 e. The van der Waals surface area contributed by atoms with E-state index in [1.807, 2.05) is 0 Å². The number of pyridine rings is 1. The second-order valence-electron chi connectivity index (χ2n) is 8.89. The van der Waals surface area contributed by atoms with E-state index in [1.54, 1.807) is 47.6 Å². The monoisotopic (exact) mass is 583 g/mol. The highest BCUT2D eigenvalue weighted by Gasteiger charge is 2.32. The lowest BCUT2D eigenvalue weighted by molar-refractivity contribution is -0.134. The van der Waals surface area contributed by atoms with Crippen LogP contribution in [0, 0.1) is 5.82 Å². The summed E-state index contributed by atoms with van der Waals surface area (Å²) in [7, 11) is 1.39. The average Bonchev–Trinajstić information content (AvgIpc) is 3.26. The van der Waals surface area contributed by atoms with Gasteiger partial charge in [0.25, 0.3) is 5.91 Å². The maximum absolute atomic E-state index is 14.4. The van der Waals surface area contributed by atoms with Crippen LogP contribution in [0.25, 0.3) is 11.3 Å². The number of hydrogen-bond donors (Lipinski definition) is 3. The number of aromatic amines is 1. The fraction of sp³-hybridized carbons (Fsp3) is 0.296. The zero-order chi connectivity index (χ0) is 26.6. The van der Waals surface area contributed by atoms with E-state index in [0.29, 0.717) is 65.4 Å². The van der Waals surface area contributed by atoms with E-state index < -0.39 is 5.82 Å². The lowest BCUT2D eigenvalue weighted by Gasteiger charge is -2.40. The Morgan fingerprint density at radius 3 is 3.00 bits per heavy atom. The second kappa shape index (κ2) is 11.3. The number of allylic oxidation sites excluding steroid dienone is 1. The van der Waals surface area contributed by atoms with E-state index in [-0.39, 0.29) is 23.6 Å². The summed E-state index contributed by atoms with van der Waals surface area (Å²) in [5, 5.41) is 6.72. The Morgan fingerprint density at radius 2 is 2.24 bits per heavy atom. The SMILES string of the molecule is COc1c(F)cccc1Nc1c(-c2ccncc2OCC2CCN2C(=O)C=CCBr)[nH]c2c1C(=O)NCC2. The molecule has 38 heavy (non-hydrogen) atoms. The van der Waals surface area contributed by atoms with Crippen LogP contribution in [0.1, 0.15) is 22.5 Å². The molecule has 0 aliphatic carbocycles. The number of hydrogen-bond acceptors (Lipinski definition) is 6. The van der Waals surface area contributed by atoms with Crippen molar-refractivity contribution >= 4 is 39.1 Å². The number of benzene rings is 1. The number of amides is 2. The minimum Gasteiger partial charge on any atom is -0.492 e. The van der Waals surface area contributed by atoms with Gasteiger partial charge >= 0.3 is 0 Å². The fourth-order valence-corrected chi connectivity index (χ4v) is 4.88. The molecule has 9 nitrogen and oxygen atoms in total. The molecule has 2 aromatic heterocycles. The van der Waals surface area contributed by atoms with Crippen molar-refractivity contribution in [2.45, 2.75) is 18.9 Å². The molecule has 2 aliphatic rings. The Kier molecular flexibility index (Phi) is 7.64. The summed E-state index contributed by atoms with van der Waals surface area (Å²) < 4.78 is 25.9. The first-order valence-electron chi connectivity index (χ1n) is 12.2. The lowest BCUT2D eigenvalue weighted by atomic mass is 10.0. The van der Waals surface area contributed by atoms with Gasteiger partial charge < -0.3 is 30.0 Å². The number of carbonyl (C=O) groups is 2. The lowest BCUT2D eigenvalue weighted by Crippen LogP contribution is -2.53. The van der Waals surface area contributed by atoms with Gasteiger partial charge in [-0.3, -0.25) is 14.6 Å². The first kappa shape index (κ1) is 25.8.